The summed E-state index contributed by atoms with van der Waals surface area (Å²) in [5.74, 6) is 0. The Labute approximate surface area is 107 Å². The second-order valence-electron chi connectivity index (χ2n) is 7.00. The summed E-state index contributed by atoms with van der Waals surface area (Å²) in [6.45, 7) is 7.35. The molecule has 1 saturated heterocycles. The van der Waals surface area contributed by atoms with Crippen molar-refractivity contribution in [3.05, 3.63) is 0 Å². The molecule has 1 aliphatic carbocycles. The molecule has 2 fully saturated rings. The second kappa shape index (κ2) is 5.71. The van der Waals surface area contributed by atoms with Gasteiger partial charge in [-0.25, -0.2) is 0 Å². The van der Waals surface area contributed by atoms with Crippen LogP contribution in [0, 0.1) is 5.41 Å². The van der Waals surface area contributed by atoms with E-state index in [-0.39, 0.29) is 0 Å². The number of hydrogen-bond acceptors (Lipinski definition) is 2. The summed E-state index contributed by atoms with van der Waals surface area (Å²) in [6.07, 6.45) is 9.78. The smallest absolute Gasteiger partial charge is 0.0217 e. The fourth-order valence-corrected chi connectivity index (χ4v) is 3.58. The van der Waals surface area contributed by atoms with Gasteiger partial charge in [0.05, 0.1) is 0 Å². The van der Waals surface area contributed by atoms with Gasteiger partial charge in [-0.2, -0.15) is 0 Å². The molecule has 100 valence electrons. The van der Waals surface area contributed by atoms with Gasteiger partial charge in [0.2, 0.25) is 0 Å². The first-order chi connectivity index (χ1) is 8.07. The van der Waals surface area contributed by atoms with E-state index in [1.54, 1.807) is 0 Å². The zero-order chi connectivity index (χ0) is 12.3. The van der Waals surface area contributed by atoms with Crippen LogP contribution in [0.1, 0.15) is 58.8 Å². The number of likely N-dealkylation sites (N-methyl/N-ethyl adjacent to an activating group) is 1. The highest BCUT2D eigenvalue weighted by Gasteiger charge is 2.28. The van der Waals surface area contributed by atoms with Crippen molar-refractivity contribution < 1.29 is 0 Å². The van der Waals surface area contributed by atoms with Crippen molar-refractivity contribution in [2.45, 2.75) is 70.9 Å². The Morgan fingerprint density at radius 3 is 2.71 bits per heavy atom. The molecule has 0 spiro atoms. The van der Waals surface area contributed by atoms with Gasteiger partial charge in [-0.1, -0.05) is 26.7 Å². The van der Waals surface area contributed by atoms with E-state index in [4.69, 9.17) is 0 Å². The predicted octanol–water partition coefficient (Wildman–Crippen LogP) is 3.03. The summed E-state index contributed by atoms with van der Waals surface area (Å²) >= 11 is 0. The van der Waals surface area contributed by atoms with Gasteiger partial charge in [-0.05, 0) is 51.1 Å². The van der Waals surface area contributed by atoms with Gasteiger partial charge < -0.3 is 10.2 Å². The normalized spacial score (nSPS) is 34.8. The minimum absolute atomic E-state index is 0.564. The molecule has 17 heavy (non-hydrogen) atoms. The third-order valence-corrected chi connectivity index (χ3v) is 4.77. The van der Waals surface area contributed by atoms with Crippen molar-refractivity contribution in [2.75, 3.05) is 20.1 Å². The lowest BCUT2D eigenvalue weighted by Crippen LogP contribution is -2.47. The Kier molecular flexibility index (Phi) is 4.48. The largest absolute Gasteiger partial charge is 0.312 e. The first-order valence-electron chi connectivity index (χ1n) is 7.50. The molecule has 1 aliphatic heterocycles. The Bertz CT molecular complexity index is 237. The molecule has 2 atom stereocenters. The van der Waals surface area contributed by atoms with Crippen molar-refractivity contribution in [1.82, 2.24) is 10.2 Å². The lowest BCUT2D eigenvalue weighted by Gasteiger charge is -2.38. The van der Waals surface area contributed by atoms with Gasteiger partial charge in [0.25, 0.3) is 0 Å². The van der Waals surface area contributed by atoms with Crippen LogP contribution in [-0.4, -0.2) is 37.1 Å². The van der Waals surface area contributed by atoms with Crippen molar-refractivity contribution >= 4 is 0 Å². The fraction of sp³-hybridized carbons (Fsp3) is 1.00. The van der Waals surface area contributed by atoms with Crippen LogP contribution in [0.25, 0.3) is 0 Å². The quantitative estimate of drug-likeness (QED) is 0.813. The van der Waals surface area contributed by atoms with E-state index in [2.05, 4.69) is 31.1 Å². The molecular formula is C15H30N2. The van der Waals surface area contributed by atoms with E-state index >= 15 is 0 Å². The molecule has 2 unspecified atom stereocenters. The molecule has 0 aromatic carbocycles. The lowest BCUT2D eigenvalue weighted by molar-refractivity contribution is 0.156. The highest BCUT2D eigenvalue weighted by Crippen LogP contribution is 2.35. The van der Waals surface area contributed by atoms with E-state index in [0.29, 0.717) is 5.41 Å². The molecule has 0 radical (unpaired) electrons. The van der Waals surface area contributed by atoms with Crippen LogP contribution in [0.15, 0.2) is 0 Å². The Morgan fingerprint density at radius 1 is 1.18 bits per heavy atom. The molecule has 1 saturated carbocycles. The molecule has 0 bridgehead atoms. The molecule has 2 aliphatic rings. The first kappa shape index (κ1) is 13.4. The summed E-state index contributed by atoms with van der Waals surface area (Å²) in [6, 6.07) is 1.56. The summed E-state index contributed by atoms with van der Waals surface area (Å²) in [5.41, 5.74) is 0.564. The molecule has 2 nitrogen and oxygen atoms in total. The van der Waals surface area contributed by atoms with Crippen molar-refractivity contribution in [1.29, 1.82) is 0 Å². The SMILES string of the molecule is CN1CCCCC1CNC1CCCC(C)(C)C1. The number of piperidine rings is 1. The average Bonchev–Trinajstić information content (AvgIpc) is 2.27. The molecule has 1 N–H and O–H groups in total. The molecular weight excluding hydrogens is 208 g/mol. The standard InChI is InChI=1S/C15H30N2/c1-15(2)9-6-7-13(11-15)16-12-14-8-4-5-10-17(14)3/h13-14,16H,4-12H2,1-3H3. The number of hydrogen-bond donors (Lipinski definition) is 1. The first-order valence-corrected chi connectivity index (χ1v) is 7.50. The summed E-state index contributed by atoms with van der Waals surface area (Å²) < 4.78 is 0. The van der Waals surface area contributed by atoms with Crippen LogP contribution in [-0.2, 0) is 0 Å². The maximum atomic E-state index is 3.84. The summed E-state index contributed by atoms with van der Waals surface area (Å²) in [4.78, 5) is 2.55. The monoisotopic (exact) mass is 238 g/mol. The van der Waals surface area contributed by atoms with E-state index in [1.807, 2.05) is 0 Å². The number of nitrogens with one attached hydrogen (secondary N) is 1. The van der Waals surface area contributed by atoms with Crippen LogP contribution < -0.4 is 5.32 Å². The number of likely N-dealkylation sites (tertiary alicyclic amines) is 1. The van der Waals surface area contributed by atoms with Gasteiger partial charge in [0.15, 0.2) is 0 Å². The van der Waals surface area contributed by atoms with E-state index < -0.39 is 0 Å². The minimum atomic E-state index is 0.564. The summed E-state index contributed by atoms with van der Waals surface area (Å²) in [5, 5.41) is 3.84. The Balaban J connectivity index is 1.73. The zero-order valence-electron chi connectivity index (χ0n) is 12.0. The molecule has 1 heterocycles. The Hall–Kier alpha value is -0.0800. The van der Waals surface area contributed by atoms with Crippen molar-refractivity contribution in [3.63, 3.8) is 0 Å². The average molecular weight is 238 g/mol. The van der Waals surface area contributed by atoms with Crippen LogP contribution in [0.4, 0.5) is 0 Å². The van der Waals surface area contributed by atoms with Gasteiger partial charge in [0, 0.05) is 18.6 Å². The van der Waals surface area contributed by atoms with E-state index in [1.165, 1.54) is 58.0 Å². The minimum Gasteiger partial charge on any atom is -0.312 e. The zero-order valence-corrected chi connectivity index (χ0v) is 12.0. The molecule has 2 heteroatoms. The lowest BCUT2D eigenvalue weighted by atomic mass is 9.75. The van der Waals surface area contributed by atoms with Crippen LogP contribution >= 0.6 is 0 Å². The van der Waals surface area contributed by atoms with Gasteiger partial charge >= 0.3 is 0 Å². The summed E-state index contributed by atoms with van der Waals surface area (Å²) in [7, 11) is 2.29. The van der Waals surface area contributed by atoms with E-state index in [0.717, 1.165) is 12.1 Å². The van der Waals surface area contributed by atoms with Crippen LogP contribution in [0.3, 0.4) is 0 Å². The number of nitrogens with zero attached hydrogens (tertiary/aromatic N) is 1. The second-order valence-corrected chi connectivity index (χ2v) is 7.00. The fourth-order valence-electron chi connectivity index (χ4n) is 3.58. The van der Waals surface area contributed by atoms with Gasteiger partial charge in [-0.3, -0.25) is 0 Å². The third-order valence-electron chi connectivity index (χ3n) is 4.77. The van der Waals surface area contributed by atoms with Crippen molar-refractivity contribution in [3.8, 4) is 0 Å². The third kappa shape index (κ3) is 3.96. The van der Waals surface area contributed by atoms with Gasteiger partial charge in [-0.15, -0.1) is 0 Å². The van der Waals surface area contributed by atoms with Crippen LogP contribution in [0.5, 0.6) is 0 Å². The topological polar surface area (TPSA) is 15.3 Å². The van der Waals surface area contributed by atoms with Crippen molar-refractivity contribution in [2.24, 2.45) is 5.41 Å². The molecule has 2 rings (SSSR count). The van der Waals surface area contributed by atoms with Gasteiger partial charge in [0.1, 0.15) is 0 Å². The Morgan fingerprint density at radius 2 is 2.00 bits per heavy atom. The van der Waals surface area contributed by atoms with E-state index in [9.17, 15) is 0 Å². The molecule has 0 amide bonds. The molecule has 0 aromatic rings. The van der Waals surface area contributed by atoms with Crippen LogP contribution in [0.2, 0.25) is 0 Å². The number of rotatable bonds is 3. The maximum absolute atomic E-state index is 3.84. The maximum Gasteiger partial charge on any atom is 0.0217 e. The predicted molar refractivity (Wildman–Crippen MR) is 74.3 cm³/mol. The molecule has 0 aromatic heterocycles. The highest BCUT2D eigenvalue weighted by atomic mass is 15.2. The highest BCUT2D eigenvalue weighted by molar-refractivity contribution is 4.85.